The summed E-state index contributed by atoms with van der Waals surface area (Å²) >= 11 is 3.58. The van der Waals surface area contributed by atoms with E-state index >= 15 is 0 Å². The molecule has 0 heterocycles. The van der Waals surface area contributed by atoms with Crippen molar-refractivity contribution in [2.45, 2.75) is 58.3 Å². The number of hydrogen-bond acceptors (Lipinski definition) is 0. The van der Waals surface area contributed by atoms with Gasteiger partial charge >= 0.3 is 0 Å². The molecule has 0 aliphatic heterocycles. The number of aryl methyl sites for hydroxylation is 1. The highest BCUT2D eigenvalue weighted by molar-refractivity contribution is 9.10. The van der Waals surface area contributed by atoms with Crippen molar-refractivity contribution in [2.75, 3.05) is 0 Å². The lowest BCUT2D eigenvalue weighted by atomic mass is 9.77. The van der Waals surface area contributed by atoms with Gasteiger partial charge in [-0.3, -0.25) is 0 Å². The Kier molecular flexibility index (Phi) is 4.67. The zero-order valence-corrected chi connectivity index (χ0v) is 12.6. The topological polar surface area (TPSA) is 0 Å². The van der Waals surface area contributed by atoms with Crippen molar-refractivity contribution in [3.05, 3.63) is 33.8 Å². The Morgan fingerprint density at radius 2 is 1.88 bits per heavy atom. The number of benzene rings is 1. The Morgan fingerprint density at radius 3 is 2.47 bits per heavy atom. The van der Waals surface area contributed by atoms with Gasteiger partial charge in [0.1, 0.15) is 0 Å². The van der Waals surface area contributed by atoms with Gasteiger partial charge < -0.3 is 0 Å². The van der Waals surface area contributed by atoms with E-state index in [9.17, 15) is 0 Å². The second-order valence-electron chi connectivity index (χ2n) is 5.51. The van der Waals surface area contributed by atoms with Crippen LogP contribution in [0.3, 0.4) is 0 Å². The standard InChI is InChI=1S/C16H23Br/c1-3-4-13-5-7-14(8-6-13)15-9-10-16(17)12(2)11-15/h9-11,13-14H,3-8H2,1-2H3. The predicted molar refractivity (Wildman–Crippen MR) is 78.5 cm³/mol. The zero-order chi connectivity index (χ0) is 12.3. The molecule has 94 valence electrons. The van der Waals surface area contributed by atoms with Crippen LogP contribution < -0.4 is 0 Å². The van der Waals surface area contributed by atoms with Gasteiger partial charge in [-0.15, -0.1) is 0 Å². The molecule has 0 bridgehead atoms. The fourth-order valence-electron chi connectivity index (χ4n) is 3.11. The van der Waals surface area contributed by atoms with Gasteiger partial charge in [0.05, 0.1) is 0 Å². The van der Waals surface area contributed by atoms with Crippen LogP contribution in [0.25, 0.3) is 0 Å². The largest absolute Gasteiger partial charge is 0.0654 e. The SMILES string of the molecule is CCCC1CCC(c2ccc(Br)c(C)c2)CC1. The third-order valence-corrected chi connectivity index (χ3v) is 5.09. The third kappa shape index (κ3) is 3.34. The first-order valence-electron chi connectivity index (χ1n) is 6.96. The van der Waals surface area contributed by atoms with Gasteiger partial charge in [-0.2, -0.15) is 0 Å². The molecule has 1 aromatic carbocycles. The molecule has 0 radical (unpaired) electrons. The second kappa shape index (κ2) is 6.04. The summed E-state index contributed by atoms with van der Waals surface area (Å²) in [6.07, 6.45) is 8.46. The van der Waals surface area contributed by atoms with E-state index in [2.05, 4.69) is 48.0 Å². The van der Waals surface area contributed by atoms with Crippen LogP contribution in [0.15, 0.2) is 22.7 Å². The van der Waals surface area contributed by atoms with Crippen molar-refractivity contribution in [3.8, 4) is 0 Å². The summed E-state index contributed by atoms with van der Waals surface area (Å²) in [5.41, 5.74) is 2.93. The Hall–Kier alpha value is -0.300. The molecule has 1 fully saturated rings. The highest BCUT2D eigenvalue weighted by atomic mass is 79.9. The van der Waals surface area contributed by atoms with Gasteiger partial charge in [0.15, 0.2) is 0 Å². The Labute approximate surface area is 114 Å². The Balaban J connectivity index is 1.98. The summed E-state index contributed by atoms with van der Waals surface area (Å²) < 4.78 is 1.24. The average Bonchev–Trinajstić information content (AvgIpc) is 2.34. The van der Waals surface area contributed by atoms with Crippen LogP contribution >= 0.6 is 15.9 Å². The first-order chi connectivity index (χ1) is 8.20. The van der Waals surface area contributed by atoms with Crippen molar-refractivity contribution in [3.63, 3.8) is 0 Å². The van der Waals surface area contributed by atoms with Crippen molar-refractivity contribution in [1.29, 1.82) is 0 Å². The maximum Gasteiger partial charge on any atom is 0.0204 e. The van der Waals surface area contributed by atoms with E-state index in [1.807, 2.05) is 0 Å². The minimum Gasteiger partial charge on any atom is -0.0654 e. The van der Waals surface area contributed by atoms with Crippen molar-refractivity contribution in [2.24, 2.45) is 5.92 Å². The molecular weight excluding hydrogens is 272 g/mol. The fraction of sp³-hybridized carbons (Fsp3) is 0.625. The summed E-state index contributed by atoms with van der Waals surface area (Å²) in [5.74, 6) is 1.82. The maximum atomic E-state index is 3.58. The smallest absolute Gasteiger partial charge is 0.0204 e. The monoisotopic (exact) mass is 294 g/mol. The number of hydrogen-bond donors (Lipinski definition) is 0. The van der Waals surface area contributed by atoms with Crippen LogP contribution in [-0.2, 0) is 0 Å². The quantitative estimate of drug-likeness (QED) is 0.658. The van der Waals surface area contributed by atoms with Crippen molar-refractivity contribution < 1.29 is 0 Å². The first-order valence-corrected chi connectivity index (χ1v) is 7.76. The van der Waals surface area contributed by atoms with E-state index in [1.54, 1.807) is 5.56 Å². The molecule has 1 aliphatic carbocycles. The fourth-order valence-corrected chi connectivity index (χ4v) is 3.36. The predicted octanol–water partition coefficient (Wildman–Crippen LogP) is 5.83. The molecule has 0 amide bonds. The van der Waals surface area contributed by atoms with E-state index < -0.39 is 0 Å². The molecule has 17 heavy (non-hydrogen) atoms. The van der Waals surface area contributed by atoms with E-state index in [0.29, 0.717) is 0 Å². The molecule has 0 atom stereocenters. The summed E-state index contributed by atoms with van der Waals surface area (Å²) in [6.45, 7) is 4.50. The van der Waals surface area contributed by atoms with Gasteiger partial charge in [-0.05, 0) is 61.6 Å². The molecule has 0 saturated heterocycles. The highest BCUT2D eigenvalue weighted by Gasteiger charge is 2.21. The molecule has 1 heteroatoms. The van der Waals surface area contributed by atoms with E-state index in [0.717, 1.165) is 11.8 Å². The van der Waals surface area contributed by atoms with Crippen LogP contribution in [-0.4, -0.2) is 0 Å². The average molecular weight is 295 g/mol. The molecule has 0 unspecified atom stereocenters. The van der Waals surface area contributed by atoms with Crippen LogP contribution in [0.1, 0.15) is 62.5 Å². The molecule has 0 N–H and O–H groups in total. The van der Waals surface area contributed by atoms with E-state index in [1.165, 1.54) is 48.6 Å². The molecule has 2 rings (SSSR count). The molecule has 0 nitrogen and oxygen atoms in total. The van der Waals surface area contributed by atoms with E-state index in [-0.39, 0.29) is 0 Å². The lowest BCUT2D eigenvalue weighted by Crippen LogP contribution is -2.13. The lowest BCUT2D eigenvalue weighted by molar-refractivity contribution is 0.308. The molecular formula is C16H23Br. The molecule has 1 saturated carbocycles. The normalized spacial score (nSPS) is 24.9. The molecule has 0 spiro atoms. The number of rotatable bonds is 3. The molecule has 1 aromatic rings. The Morgan fingerprint density at radius 1 is 1.18 bits per heavy atom. The maximum absolute atomic E-state index is 3.58. The van der Waals surface area contributed by atoms with Crippen LogP contribution in [0.5, 0.6) is 0 Å². The number of halogens is 1. The van der Waals surface area contributed by atoms with Crippen molar-refractivity contribution in [1.82, 2.24) is 0 Å². The summed E-state index contributed by atoms with van der Waals surface area (Å²) in [7, 11) is 0. The Bertz CT molecular complexity index is 362. The van der Waals surface area contributed by atoms with E-state index in [4.69, 9.17) is 0 Å². The summed E-state index contributed by atoms with van der Waals surface area (Å²) in [5, 5.41) is 0. The van der Waals surface area contributed by atoms with Crippen LogP contribution in [0.2, 0.25) is 0 Å². The summed E-state index contributed by atoms with van der Waals surface area (Å²) in [6, 6.07) is 6.89. The minimum atomic E-state index is 0.815. The zero-order valence-electron chi connectivity index (χ0n) is 11.0. The molecule has 0 aromatic heterocycles. The summed E-state index contributed by atoms with van der Waals surface area (Å²) in [4.78, 5) is 0. The van der Waals surface area contributed by atoms with Gasteiger partial charge in [-0.1, -0.05) is 47.8 Å². The van der Waals surface area contributed by atoms with Gasteiger partial charge in [0, 0.05) is 4.47 Å². The van der Waals surface area contributed by atoms with Crippen LogP contribution in [0.4, 0.5) is 0 Å². The third-order valence-electron chi connectivity index (χ3n) is 4.20. The minimum absolute atomic E-state index is 0.815. The first kappa shape index (κ1) is 13.1. The van der Waals surface area contributed by atoms with Gasteiger partial charge in [0.2, 0.25) is 0 Å². The van der Waals surface area contributed by atoms with Gasteiger partial charge in [0.25, 0.3) is 0 Å². The molecule has 1 aliphatic rings. The van der Waals surface area contributed by atoms with Crippen molar-refractivity contribution >= 4 is 15.9 Å². The lowest BCUT2D eigenvalue weighted by Gasteiger charge is -2.28. The highest BCUT2D eigenvalue weighted by Crippen LogP contribution is 2.38. The van der Waals surface area contributed by atoms with Gasteiger partial charge in [-0.25, -0.2) is 0 Å². The second-order valence-corrected chi connectivity index (χ2v) is 6.37. The van der Waals surface area contributed by atoms with Crippen LogP contribution in [0, 0.1) is 12.8 Å².